The lowest BCUT2D eigenvalue weighted by atomic mass is 10.2. The number of thioether (sulfide) groups is 1. The lowest BCUT2D eigenvalue weighted by molar-refractivity contribution is -0.116. The lowest BCUT2D eigenvalue weighted by Gasteiger charge is -2.04. The second kappa shape index (κ2) is 10.2. The molecule has 0 radical (unpaired) electrons. The molecule has 0 fully saturated rings. The number of benzene rings is 1. The van der Waals surface area contributed by atoms with Crippen molar-refractivity contribution in [2.75, 3.05) is 17.8 Å². The van der Waals surface area contributed by atoms with Crippen LogP contribution in [0.3, 0.4) is 0 Å². The van der Waals surface area contributed by atoms with E-state index in [1.54, 1.807) is 5.48 Å². The third-order valence-electron chi connectivity index (χ3n) is 3.26. The molecule has 0 bridgehead atoms. The van der Waals surface area contributed by atoms with E-state index in [1.165, 1.54) is 6.07 Å². The summed E-state index contributed by atoms with van der Waals surface area (Å²) in [7, 11) is -3.36. The highest BCUT2D eigenvalue weighted by Crippen LogP contribution is 2.27. The number of hydrogen-bond donors (Lipinski definition) is 2. The molecule has 0 spiro atoms. The number of aromatic nitrogens is 2. The molecular weight excluding hydrogens is 498 g/mol. The van der Waals surface area contributed by atoms with Crippen LogP contribution in [-0.2, 0) is 14.6 Å². The van der Waals surface area contributed by atoms with E-state index in [0.29, 0.717) is 12.2 Å². The molecule has 1 aromatic carbocycles. The van der Waals surface area contributed by atoms with Gasteiger partial charge in [0, 0.05) is 24.5 Å². The second-order valence-corrected chi connectivity index (χ2v) is 9.85. The minimum atomic E-state index is -3.36. The SMILES string of the molecule is CS(=O)(=O)CC(=O)CCCSc1nonc1C(=Nc1cc(F)c(F)c(Br)c1)NO. The Hall–Kier alpha value is -1.90. The van der Waals surface area contributed by atoms with Gasteiger partial charge in [0.2, 0.25) is 0 Å². The van der Waals surface area contributed by atoms with E-state index in [-0.39, 0.29) is 33.1 Å². The van der Waals surface area contributed by atoms with Crippen LogP contribution >= 0.6 is 27.7 Å². The summed E-state index contributed by atoms with van der Waals surface area (Å²) < 4.78 is 53.5. The summed E-state index contributed by atoms with van der Waals surface area (Å²) in [5.41, 5.74) is 1.80. The van der Waals surface area contributed by atoms with Gasteiger partial charge in [0.25, 0.3) is 0 Å². The first-order valence-corrected chi connectivity index (χ1v) is 11.7. The summed E-state index contributed by atoms with van der Waals surface area (Å²) in [5, 5.41) is 16.9. The first kappa shape index (κ1) is 23.4. The molecule has 1 heterocycles. The molecule has 9 nitrogen and oxygen atoms in total. The topological polar surface area (TPSA) is 135 Å². The number of ketones is 1. The highest BCUT2D eigenvalue weighted by molar-refractivity contribution is 9.10. The molecule has 0 saturated carbocycles. The van der Waals surface area contributed by atoms with Crippen LogP contribution in [0.2, 0.25) is 0 Å². The molecular formula is C15H15BrF2N4O5S2. The van der Waals surface area contributed by atoms with Gasteiger partial charge in [-0.1, -0.05) is 0 Å². The number of rotatable bonds is 9. The van der Waals surface area contributed by atoms with E-state index in [2.05, 4.69) is 35.9 Å². The Balaban J connectivity index is 2.06. The molecule has 14 heteroatoms. The normalized spacial score (nSPS) is 12.2. The van der Waals surface area contributed by atoms with Crippen molar-refractivity contribution in [3.63, 3.8) is 0 Å². The summed E-state index contributed by atoms with van der Waals surface area (Å²) in [5.74, 6) is -2.96. The fraction of sp³-hybridized carbons (Fsp3) is 0.333. The summed E-state index contributed by atoms with van der Waals surface area (Å²) in [6.07, 6.45) is 1.44. The molecule has 2 rings (SSSR count). The van der Waals surface area contributed by atoms with E-state index >= 15 is 0 Å². The van der Waals surface area contributed by atoms with Gasteiger partial charge in [-0.3, -0.25) is 15.5 Å². The fourth-order valence-electron chi connectivity index (χ4n) is 2.09. The molecule has 0 aliphatic carbocycles. The Bertz CT molecular complexity index is 1010. The van der Waals surface area contributed by atoms with Gasteiger partial charge in [-0.05, 0) is 38.7 Å². The smallest absolute Gasteiger partial charge is 0.186 e. The third kappa shape index (κ3) is 7.13. The van der Waals surface area contributed by atoms with E-state index in [0.717, 1.165) is 24.1 Å². The maximum atomic E-state index is 13.5. The number of amidine groups is 1. The first-order valence-electron chi connectivity index (χ1n) is 7.89. The Labute approximate surface area is 176 Å². The monoisotopic (exact) mass is 512 g/mol. The molecule has 0 unspecified atom stereocenters. The molecule has 1 aromatic heterocycles. The second-order valence-electron chi connectivity index (χ2n) is 5.77. The molecule has 158 valence electrons. The average molecular weight is 513 g/mol. The number of carbonyl (C=O) groups is 1. The molecule has 0 aliphatic rings. The van der Waals surface area contributed by atoms with E-state index in [9.17, 15) is 27.2 Å². The number of nitrogens with one attached hydrogen (secondary N) is 1. The predicted molar refractivity (Wildman–Crippen MR) is 104 cm³/mol. The summed E-state index contributed by atoms with van der Waals surface area (Å²) in [6, 6.07) is 2.02. The minimum Gasteiger partial charge on any atom is -0.299 e. The van der Waals surface area contributed by atoms with Crippen molar-refractivity contribution in [3.8, 4) is 0 Å². The van der Waals surface area contributed by atoms with Crippen LogP contribution in [0.15, 0.2) is 31.3 Å². The van der Waals surface area contributed by atoms with Crippen molar-refractivity contribution in [3.05, 3.63) is 33.9 Å². The van der Waals surface area contributed by atoms with E-state index in [4.69, 9.17) is 0 Å². The van der Waals surface area contributed by atoms with Gasteiger partial charge in [-0.2, -0.15) is 0 Å². The molecule has 0 aliphatic heterocycles. The van der Waals surface area contributed by atoms with Gasteiger partial charge in [0.1, 0.15) is 11.5 Å². The molecule has 29 heavy (non-hydrogen) atoms. The van der Waals surface area contributed by atoms with Crippen LogP contribution in [0.25, 0.3) is 0 Å². The number of carbonyl (C=O) groups excluding carboxylic acids is 1. The van der Waals surface area contributed by atoms with E-state index < -0.39 is 33.0 Å². The molecule has 0 saturated heterocycles. The maximum Gasteiger partial charge on any atom is 0.186 e. The van der Waals surface area contributed by atoms with Crippen LogP contribution in [0, 0.1) is 11.6 Å². The highest BCUT2D eigenvalue weighted by Gasteiger charge is 2.18. The van der Waals surface area contributed by atoms with Gasteiger partial charge in [-0.25, -0.2) is 26.8 Å². The largest absolute Gasteiger partial charge is 0.299 e. The number of hydrogen-bond acceptors (Lipinski definition) is 9. The zero-order valence-corrected chi connectivity index (χ0v) is 18.1. The van der Waals surface area contributed by atoms with Gasteiger partial charge >= 0.3 is 0 Å². The highest BCUT2D eigenvalue weighted by atomic mass is 79.9. The van der Waals surface area contributed by atoms with E-state index in [1.807, 2.05) is 0 Å². The lowest BCUT2D eigenvalue weighted by Crippen LogP contribution is -2.21. The van der Waals surface area contributed by atoms with Crippen molar-refractivity contribution < 1.29 is 31.8 Å². The van der Waals surface area contributed by atoms with Crippen LogP contribution in [-0.4, -0.2) is 53.3 Å². The van der Waals surface area contributed by atoms with Crippen LogP contribution in [0.1, 0.15) is 18.5 Å². The number of aliphatic imine (C=N–C) groups is 1. The maximum absolute atomic E-state index is 13.5. The van der Waals surface area contributed by atoms with Crippen molar-refractivity contribution in [2.24, 2.45) is 4.99 Å². The predicted octanol–water partition coefficient (Wildman–Crippen LogP) is 2.65. The molecule has 0 atom stereocenters. The standard InChI is InChI=1S/C15H15BrF2N4O5S2/c1-29(25,26)7-9(23)3-2-4-28-15-13(21-27-22-15)14(20-24)19-8-5-10(16)12(18)11(17)6-8/h5-6,24H,2-4,7H2,1H3,(H,19,20). The van der Waals surface area contributed by atoms with Gasteiger partial charge in [0.05, 0.1) is 10.2 Å². The Morgan fingerprint density at radius 2 is 2.10 bits per heavy atom. The van der Waals surface area contributed by atoms with Gasteiger partial charge in [-0.15, -0.1) is 11.8 Å². The molecule has 0 amide bonds. The van der Waals surface area contributed by atoms with Crippen LogP contribution < -0.4 is 5.48 Å². The quantitative estimate of drug-likeness (QED) is 0.130. The number of Topliss-reactive ketones (excluding diaryl/α,β-unsaturated/α-hetero) is 1. The van der Waals surface area contributed by atoms with Crippen molar-refractivity contribution in [1.29, 1.82) is 0 Å². The molecule has 2 aromatic rings. The van der Waals surface area contributed by atoms with Gasteiger partial charge in [0.15, 0.2) is 38.0 Å². The first-order chi connectivity index (χ1) is 13.6. The van der Waals surface area contributed by atoms with Crippen LogP contribution in [0.5, 0.6) is 0 Å². The average Bonchev–Trinajstić information content (AvgIpc) is 3.08. The Morgan fingerprint density at radius 3 is 2.72 bits per heavy atom. The third-order valence-corrected chi connectivity index (χ3v) is 5.72. The zero-order valence-electron chi connectivity index (χ0n) is 14.9. The number of sulfone groups is 1. The van der Waals surface area contributed by atoms with Crippen molar-refractivity contribution in [1.82, 2.24) is 15.8 Å². The molecule has 2 N–H and O–H groups in total. The Kier molecular flexibility index (Phi) is 8.24. The summed E-state index contributed by atoms with van der Waals surface area (Å²) in [4.78, 5) is 15.5. The van der Waals surface area contributed by atoms with Crippen molar-refractivity contribution in [2.45, 2.75) is 17.9 Å². The van der Waals surface area contributed by atoms with Crippen LogP contribution in [0.4, 0.5) is 14.5 Å². The van der Waals surface area contributed by atoms with Crippen molar-refractivity contribution >= 4 is 54.8 Å². The summed E-state index contributed by atoms with van der Waals surface area (Å²) >= 11 is 3.99. The number of halogens is 3. The minimum absolute atomic E-state index is 0.0146. The van der Waals surface area contributed by atoms with Gasteiger partial charge < -0.3 is 0 Å². The Morgan fingerprint density at radius 1 is 1.38 bits per heavy atom. The number of hydroxylamine groups is 1. The fourth-order valence-corrected chi connectivity index (χ4v) is 4.08. The summed E-state index contributed by atoms with van der Waals surface area (Å²) in [6.45, 7) is 0. The zero-order chi connectivity index (χ0) is 21.6. The number of nitrogens with zero attached hydrogens (tertiary/aromatic N) is 3.